The summed E-state index contributed by atoms with van der Waals surface area (Å²) in [4.78, 5) is 0. The van der Waals surface area contributed by atoms with Crippen LogP contribution in [-0.2, 0) is 10.0 Å². The molecule has 18 heavy (non-hydrogen) atoms. The van der Waals surface area contributed by atoms with Gasteiger partial charge in [-0.1, -0.05) is 6.07 Å². The Kier molecular flexibility index (Phi) is 3.65. The maximum Gasteiger partial charge on any atom is 0.271 e. The van der Waals surface area contributed by atoms with Gasteiger partial charge in [-0.2, -0.15) is 0 Å². The fourth-order valence-corrected chi connectivity index (χ4v) is 4.61. The van der Waals surface area contributed by atoms with Crippen molar-refractivity contribution in [1.29, 1.82) is 0 Å². The normalized spacial score (nSPS) is 11.4. The van der Waals surface area contributed by atoms with Crippen molar-refractivity contribution in [2.45, 2.75) is 11.1 Å². The summed E-state index contributed by atoms with van der Waals surface area (Å²) in [5, 5.41) is 9.29. The highest BCUT2D eigenvalue weighted by Crippen LogP contribution is 2.31. The molecule has 4 nitrogen and oxygen atoms in total. The molecular weight excluding hydrogens is 338 g/mol. The summed E-state index contributed by atoms with van der Waals surface area (Å²) < 4.78 is 27.6. The van der Waals surface area contributed by atoms with Crippen molar-refractivity contribution in [3.05, 3.63) is 39.7 Å². The Balaban J connectivity index is 2.33. The molecule has 1 aromatic carbocycles. The largest absolute Gasteiger partial charge is 0.508 e. The first kappa shape index (κ1) is 13.4. The number of sulfonamides is 1. The van der Waals surface area contributed by atoms with E-state index >= 15 is 0 Å². The summed E-state index contributed by atoms with van der Waals surface area (Å²) in [5.74, 6) is 0.0127. The van der Waals surface area contributed by atoms with Gasteiger partial charge in [0.2, 0.25) is 0 Å². The van der Waals surface area contributed by atoms with Crippen LogP contribution in [0, 0.1) is 6.92 Å². The third-order valence-corrected chi connectivity index (χ3v) is 6.19. The van der Waals surface area contributed by atoms with E-state index in [1.54, 1.807) is 18.2 Å². The molecule has 0 saturated carbocycles. The van der Waals surface area contributed by atoms with E-state index in [1.807, 2.05) is 6.92 Å². The Hall–Kier alpha value is -1.05. The molecule has 0 aliphatic carbocycles. The minimum absolute atomic E-state index is 0.0127. The number of anilines is 1. The van der Waals surface area contributed by atoms with Crippen LogP contribution in [0.25, 0.3) is 0 Å². The van der Waals surface area contributed by atoms with Gasteiger partial charge in [0, 0.05) is 6.07 Å². The Morgan fingerprint density at radius 3 is 2.61 bits per heavy atom. The second-order valence-corrected chi connectivity index (χ2v) is 7.96. The predicted octanol–water partition coefficient (Wildman–Crippen LogP) is 3.33. The number of nitrogens with one attached hydrogen (secondary N) is 1. The second-order valence-electron chi connectivity index (χ2n) is 3.68. The van der Waals surface area contributed by atoms with Crippen molar-refractivity contribution >= 4 is 43.0 Å². The van der Waals surface area contributed by atoms with Crippen molar-refractivity contribution in [2.24, 2.45) is 0 Å². The fraction of sp³-hybridized carbons (Fsp3) is 0.0909. The SMILES string of the molecule is Cc1cc(S(=O)(=O)Nc2cccc(O)c2)sc1Br. The zero-order valence-corrected chi connectivity index (χ0v) is 12.6. The molecule has 0 saturated heterocycles. The first-order chi connectivity index (χ1) is 8.38. The monoisotopic (exact) mass is 347 g/mol. The van der Waals surface area contributed by atoms with Gasteiger partial charge in [-0.15, -0.1) is 11.3 Å². The van der Waals surface area contributed by atoms with Crippen LogP contribution in [0.1, 0.15) is 5.56 Å². The van der Waals surface area contributed by atoms with Gasteiger partial charge in [-0.25, -0.2) is 8.42 Å². The van der Waals surface area contributed by atoms with Gasteiger partial charge in [0.25, 0.3) is 10.0 Å². The lowest BCUT2D eigenvalue weighted by atomic mass is 10.3. The highest BCUT2D eigenvalue weighted by atomic mass is 79.9. The Morgan fingerprint density at radius 1 is 1.33 bits per heavy atom. The molecule has 0 bridgehead atoms. The quantitative estimate of drug-likeness (QED) is 0.894. The highest BCUT2D eigenvalue weighted by molar-refractivity contribution is 9.11. The van der Waals surface area contributed by atoms with Crippen molar-refractivity contribution in [2.75, 3.05) is 4.72 Å². The molecule has 0 unspecified atom stereocenters. The summed E-state index contributed by atoms with van der Waals surface area (Å²) in [6.45, 7) is 1.83. The summed E-state index contributed by atoms with van der Waals surface area (Å²) >= 11 is 4.44. The molecule has 0 radical (unpaired) electrons. The third-order valence-electron chi connectivity index (χ3n) is 2.20. The number of thiophene rings is 1. The molecule has 0 atom stereocenters. The molecule has 0 aliphatic heterocycles. The van der Waals surface area contributed by atoms with Crippen LogP contribution in [0.3, 0.4) is 0 Å². The van der Waals surface area contributed by atoms with Crippen LogP contribution in [0.4, 0.5) is 5.69 Å². The number of phenolic OH excluding ortho intramolecular Hbond substituents is 1. The number of hydrogen-bond acceptors (Lipinski definition) is 4. The number of aryl methyl sites for hydroxylation is 1. The fourth-order valence-electron chi connectivity index (χ4n) is 1.34. The molecule has 7 heteroatoms. The molecule has 0 aliphatic rings. The lowest BCUT2D eigenvalue weighted by Gasteiger charge is -2.06. The minimum atomic E-state index is -3.60. The number of rotatable bonds is 3. The number of halogens is 1. The summed E-state index contributed by atoms with van der Waals surface area (Å²) in [5.41, 5.74) is 1.20. The van der Waals surface area contributed by atoms with Crippen LogP contribution in [0.5, 0.6) is 5.75 Å². The van der Waals surface area contributed by atoms with Crippen LogP contribution >= 0.6 is 27.3 Å². The zero-order chi connectivity index (χ0) is 13.3. The summed E-state index contributed by atoms with van der Waals surface area (Å²) in [7, 11) is -3.60. The smallest absolute Gasteiger partial charge is 0.271 e. The van der Waals surface area contributed by atoms with Gasteiger partial charge in [0.15, 0.2) is 0 Å². The molecular formula is C11H10BrNO3S2. The van der Waals surface area contributed by atoms with E-state index in [9.17, 15) is 13.5 Å². The van der Waals surface area contributed by atoms with E-state index in [2.05, 4.69) is 20.7 Å². The molecule has 1 heterocycles. The molecule has 96 valence electrons. The molecule has 2 rings (SSSR count). The molecule has 0 spiro atoms. The standard InChI is InChI=1S/C11H10BrNO3S2/c1-7-5-10(17-11(7)12)18(15,16)13-8-3-2-4-9(14)6-8/h2-6,13-14H,1H3. The average molecular weight is 348 g/mol. The van der Waals surface area contributed by atoms with E-state index < -0.39 is 10.0 Å². The average Bonchev–Trinajstić information content (AvgIpc) is 2.59. The molecule has 0 amide bonds. The number of aromatic hydroxyl groups is 1. The third kappa shape index (κ3) is 2.85. The van der Waals surface area contributed by atoms with Gasteiger partial charge in [0.1, 0.15) is 9.96 Å². The first-order valence-corrected chi connectivity index (χ1v) is 8.05. The highest BCUT2D eigenvalue weighted by Gasteiger charge is 2.18. The number of phenols is 1. The zero-order valence-electron chi connectivity index (χ0n) is 9.34. The minimum Gasteiger partial charge on any atom is -0.508 e. The summed E-state index contributed by atoms with van der Waals surface area (Å²) in [6.07, 6.45) is 0. The van der Waals surface area contributed by atoms with Crippen molar-refractivity contribution in [3.63, 3.8) is 0 Å². The van der Waals surface area contributed by atoms with Crippen molar-refractivity contribution < 1.29 is 13.5 Å². The van der Waals surface area contributed by atoms with Gasteiger partial charge >= 0.3 is 0 Å². The van der Waals surface area contributed by atoms with Crippen LogP contribution in [-0.4, -0.2) is 13.5 Å². The lowest BCUT2D eigenvalue weighted by Crippen LogP contribution is -2.11. The Bertz CT molecular complexity index is 660. The molecule has 2 N–H and O–H groups in total. The number of benzene rings is 1. The number of hydrogen-bond donors (Lipinski definition) is 2. The van der Waals surface area contributed by atoms with Gasteiger partial charge in [-0.3, -0.25) is 4.72 Å². The van der Waals surface area contributed by atoms with Gasteiger partial charge in [-0.05, 0) is 46.6 Å². The molecule has 2 aromatic rings. The van der Waals surface area contributed by atoms with Crippen molar-refractivity contribution in [1.82, 2.24) is 0 Å². The topological polar surface area (TPSA) is 66.4 Å². The van der Waals surface area contributed by atoms with E-state index in [0.29, 0.717) is 5.69 Å². The van der Waals surface area contributed by atoms with Crippen LogP contribution < -0.4 is 4.72 Å². The first-order valence-electron chi connectivity index (χ1n) is 4.96. The summed E-state index contributed by atoms with van der Waals surface area (Å²) in [6, 6.07) is 7.58. The van der Waals surface area contributed by atoms with E-state index in [-0.39, 0.29) is 9.96 Å². The van der Waals surface area contributed by atoms with Crippen molar-refractivity contribution in [3.8, 4) is 5.75 Å². The van der Waals surface area contributed by atoms with Crippen LogP contribution in [0.2, 0.25) is 0 Å². The molecule has 0 fully saturated rings. The Morgan fingerprint density at radius 2 is 2.06 bits per heavy atom. The van der Waals surface area contributed by atoms with E-state index in [4.69, 9.17) is 0 Å². The Labute approximate surface area is 117 Å². The molecule has 1 aromatic heterocycles. The van der Waals surface area contributed by atoms with Gasteiger partial charge < -0.3 is 5.11 Å². The predicted molar refractivity (Wildman–Crippen MR) is 75.7 cm³/mol. The maximum absolute atomic E-state index is 12.1. The maximum atomic E-state index is 12.1. The van der Waals surface area contributed by atoms with E-state index in [1.165, 1.54) is 12.1 Å². The lowest BCUT2D eigenvalue weighted by molar-refractivity contribution is 0.475. The van der Waals surface area contributed by atoms with Gasteiger partial charge in [0.05, 0.1) is 9.47 Å². The second kappa shape index (κ2) is 4.91. The van der Waals surface area contributed by atoms with E-state index in [0.717, 1.165) is 20.7 Å². The van der Waals surface area contributed by atoms with Crippen LogP contribution in [0.15, 0.2) is 38.3 Å².